The van der Waals surface area contributed by atoms with Crippen molar-refractivity contribution in [3.63, 3.8) is 0 Å². The summed E-state index contributed by atoms with van der Waals surface area (Å²) in [6.45, 7) is 0. The largest absolute Gasteiger partial charge is 0.417 e. The molecule has 0 heterocycles. The topological polar surface area (TPSA) is 0 Å². The molecule has 0 saturated carbocycles. The van der Waals surface area contributed by atoms with E-state index in [-0.39, 0.29) is 21.2 Å². The molecule has 0 aliphatic rings. The average Bonchev–Trinajstić information content (AvgIpc) is 2.28. The molecule has 2 aromatic rings. The summed E-state index contributed by atoms with van der Waals surface area (Å²) < 4.78 is 38.6. The molecule has 0 saturated heterocycles. The van der Waals surface area contributed by atoms with E-state index < -0.39 is 11.7 Å². The standard InChI is InChI=1S/C13H6Cl2F3/c14-10-6-3-7-11(15)12(10)8-4-1-2-5-9(8)13(16,17)18/h1-4,6-7H. The van der Waals surface area contributed by atoms with Crippen LogP contribution in [0.15, 0.2) is 36.4 Å². The Hall–Kier alpha value is -1.19. The van der Waals surface area contributed by atoms with E-state index in [1.807, 2.05) is 0 Å². The monoisotopic (exact) mass is 289 g/mol. The van der Waals surface area contributed by atoms with E-state index >= 15 is 0 Å². The molecule has 5 heteroatoms. The minimum absolute atomic E-state index is 0.0689. The van der Waals surface area contributed by atoms with Gasteiger partial charge in [-0.1, -0.05) is 47.5 Å². The van der Waals surface area contributed by atoms with Gasteiger partial charge in [-0.05, 0) is 23.8 Å². The molecule has 2 aromatic carbocycles. The first-order chi connectivity index (χ1) is 8.41. The van der Waals surface area contributed by atoms with Crippen molar-refractivity contribution in [2.75, 3.05) is 0 Å². The van der Waals surface area contributed by atoms with Crippen molar-refractivity contribution >= 4 is 23.2 Å². The zero-order valence-electron chi connectivity index (χ0n) is 8.85. The highest BCUT2D eigenvalue weighted by Crippen LogP contribution is 2.41. The first kappa shape index (κ1) is 13.2. The van der Waals surface area contributed by atoms with E-state index in [2.05, 4.69) is 6.07 Å². The van der Waals surface area contributed by atoms with Crippen LogP contribution in [-0.4, -0.2) is 0 Å². The summed E-state index contributed by atoms with van der Waals surface area (Å²) in [5, 5.41) is 0.347. The highest BCUT2D eigenvalue weighted by molar-refractivity contribution is 6.39. The zero-order chi connectivity index (χ0) is 13.3. The van der Waals surface area contributed by atoms with E-state index in [1.165, 1.54) is 30.3 Å². The Labute approximate surface area is 112 Å². The van der Waals surface area contributed by atoms with E-state index in [0.717, 1.165) is 0 Å². The van der Waals surface area contributed by atoms with Crippen molar-refractivity contribution in [1.29, 1.82) is 0 Å². The van der Waals surface area contributed by atoms with Crippen LogP contribution >= 0.6 is 23.2 Å². The molecule has 0 fully saturated rings. The first-order valence-corrected chi connectivity index (χ1v) is 5.69. The predicted molar refractivity (Wildman–Crippen MR) is 65.7 cm³/mol. The fraction of sp³-hybridized carbons (Fsp3) is 0.0769. The maximum Gasteiger partial charge on any atom is 0.417 e. The van der Waals surface area contributed by atoms with E-state index in [4.69, 9.17) is 23.2 Å². The van der Waals surface area contributed by atoms with Crippen LogP contribution in [0.2, 0.25) is 10.0 Å². The second kappa shape index (κ2) is 4.82. The molecule has 0 bridgehead atoms. The molecular formula is C13H6Cl2F3. The zero-order valence-corrected chi connectivity index (χ0v) is 10.4. The Morgan fingerprint density at radius 2 is 1.56 bits per heavy atom. The Bertz CT molecular complexity index is 556. The molecule has 0 amide bonds. The molecule has 0 nitrogen and oxygen atoms in total. The summed E-state index contributed by atoms with van der Waals surface area (Å²) in [7, 11) is 0. The Balaban J connectivity index is 2.73. The average molecular weight is 290 g/mol. The van der Waals surface area contributed by atoms with Gasteiger partial charge in [-0.2, -0.15) is 13.2 Å². The minimum atomic E-state index is -4.50. The van der Waals surface area contributed by atoms with Crippen LogP contribution in [0.5, 0.6) is 0 Å². The summed E-state index contributed by atoms with van der Waals surface area (Å²) in [4.78, 5) is 0. The van der Waals surface area contributed by atoms with Gasteiger partial charge in [-0.3, -0.25) is 0 Å². The number of rotatable bonds is 1. The van der Waals surface area contributed by atoms with Gasteiger partial charge < -0.3 is 0 Å². The number of alkyl halides is 3. The Kier molecular flexibility index (Phi) is 3.55. The van der Waals surface area contributed by atoms with Gasteiger partial charge in [-0.15, -0.1) is 0 Å². The van der Waals surface area contributed by atoms with Crippen molar-refractivity contribution in [2.24, 2.45) is 0 Å². The van der Waals surface area contributed by atoms with Crippen LogP contribution in [0.1, 0.15) is 5.56 Å². The van der Waals surface area contributed by atoms with Crippen molar-refractivity contribution in [2.45, 2.75) is 6.18 Å². The predicted octanol–water partition coefficient (Wildman–Crippen LogP) is 5.48. The van der Waals surface area contributed by atoms with Crippen LogP contribution in [-0.2, 0) is 6.18 Å². The number of halogens is 5. The van der Waals surface area contributed by atoms with Crippen molar-refractivity contribution in [3.05, 3.63) is 58.1 Å². The summed E-state index contributed by atoms with van der Waals surface area (Å²) in [5.41, 5.74) is -0.773. The summed E-state index contributed by atoms with van der Waals surface area (Å²) in [5.74, 6) is 0. The normalized spacial score (nSPS) is 11.6. The van der Waals surface area contributed by atoms with Crippen LogP contribution < -0.4 is 0 Å². The van der Waals surface area contributed by atoms with Crippen LogP contribution in [0.3, 0.4) is 0 Å². The van der Waals surface area contributed by atoms with Crippen molar-refractivity contribution in [1.82, 2.24) is 0 Å². The van der Waals surface area contributed by atoms with Crippen LogP contribution in [0.4, 0.5) is 13.2 Å². The lowest BCUT2D eigenvalue weighted by molar-refractivity contribution is -0.137. The van der Waals surface area contributed by atoms with Gasteiger partial charge in [0.1, 0.15) is 0 Å². The van der Waals surface area contributed by atoms with Crippen LogP contribution in [0, 0.1) is 6.07 Å². The lowest BCUT2D eigenvalue weighted by atomic mass is 9.99. The summed E-state index contributed by atoms with van der Waals surface area (Å²) in [6, 6.07) is 10.8. The van der Waals surface area contributed by atoms with Gasteiger partial charge in [0, 0.05) is 15.6 Å². The molecule has 0 aliphatic carbocycles. The first-order valence-electron chi connectivity index (χ1n) is 4.93. The number of hydrogen-bond acceptors (Lipinski definition) is 0. The maximum absolute atomic E-state index is 12.9. The van der Waals surface area contributed by atoms with E-state index in [9.17, 15) is 13.2 Å². The molecule has 0 aromatic heterocycles. The second-order valence-corrected chi connectivity index (χ2v) is 4.37. The van der Waals surface area contributed by atoms with E-state index in [1.54, 1.807) is 6.07 Å². The number of benzene rings is 2. The lowest BCUT2D eigenvalue weighted by Gasteiger charge is -2.14. The third-order valence-corrected chi connectivity index (χ3v) is 3.00. The molecule has 18 heavy (non-hydrogen) atoms. The fourth-order valence-corrected chi connectivity index (χ4v) is 2.24. The molecule has 0 unspecified atom stereocenters. The molecule has 0 spiro atoms. The summed E-state index contributed by atoms with van der Waals surface area (Å²) >= 11 is 11.8. The smallest absolute Gasteiger partial charge is 0.166 e. The van der Waals surface area contributed by atoms with Gasteiger partial charge in [0.25, 0.3) is 0 Å². The fourth-order valence-electron chi connectivity index (χ4n) is 1.63. The van der Waals surface area contributed by atoms with Crippen molar-refractivity contribution in [3.8, 4) is 11.1 Å². The van der Waals surface area contributed by atoms with Crippen molar-refractivity contribution < 1.29 is 13.2 Å². The lowest BCUT2D eigenvalue weighted by Crippen LogP contribution is -2.07. The molecule has 0 atom stereocenters. The molecule has 1 radical (unpaired) electrons. The SMILES string of the molecule is FC(F)(F)c1[c]cccc1-c1c(Cl)cccc1Cl. The minimum Gasteiger partial charge on any atom is -0.166 e. The highest BCUT2D eigenvalue weighted by atomic mass is 35.5. The second-order valence-electron chi connectivity index (χ2n) is 3.55. The quantitative estimate of drug-likeness (QED) is 0.652. The maximum atomic E-state index is 12.9. The number of hydrogen-bond donors (Lipinski definition) is 0. The molecule has 93 valence electrons. The van der Waals surface area contributed by atoms with Gasteiger partial charge >= 0.3 is 6.18 Å². The molecular weight excluding hydrogens is 284 g/mol. The molecule has 0 aliphatic heterocycles. The van der Waals surface area contributed by atoms with Gasteiger partial charge in [0.2, 0.25) is 0 Å². The highest BCUT2D eigenvalue weighted by Gasteiger charge is 2.34. The van der Waals surface area contributed by atoms with Crippen LogP contribution in [0.25, 0.3) is 11.1 Å². The third-order valence-electron chi connectivity index (χ3n) is 2.37. The van der Waals surface area contributed by atoms with Gasteiger partial charge in [-0.25, -0.2) is 0 Å². The Morgan fingerprint density at radius 3 is 2.11 bits per heavy atom. The Morgan fingerprint density at radius 1 is 0.944 bits per heavy atom. The molecule has 0 N–H and O–H groups in total. The third kappa shape index (κ3) is 2.47. The van der Waals surface area contributed by atoms with E-state index in [0.29, 0.717) is 0 Å². The van der Waals surface area contributed by atoms with Gasteiger partial charge in [0.15, 0.2) is 0 Å². The summed E-state index contributed by atoms with van der Waals surface area (Å²) in [6.07, 6.45) is -4.50. The van der Waals surface area contributed by atoms with Gasteiger partial charge in [0.05, 0.1) is 5.56 Å². The molecule has 2 rings (SSSR count).